The third-order valence-electron chi connectivity index (χ3n) is 0.792. The van der Waals surface area contributed by atoms with Crippen molar-refractivity contribution in [3.63, 3.8) is 0 Å². The maximum absolute atomic E-state index is 3.96. The van der Waals surface area contributed by atoms with Crippen molar-refractivity contribution in [1.29, 1.82) is 0 Å². The monoisotopic (exact) mass is 192 g/mol. The van der Waals surface area contributed by atoms with Crippen LogP contribution >= 0.6 is 25.2 Å². The van der Waals surface area contributed by atoms with E-state index in [1.54, 1.807) is 6.20 Å². The highest BCUT2D eigenvalue weighted by Gasteiger charge is 1.90. The number of aromatic amines is 1. The second-order valence-corrected chi connectivity index (χ2v) is 2.53. The molecule has 4 heteroatoms. The lowest BCUT2D eigenvalue weighted by Gasteiger charge is -1.80. The average Bonchev–Trinajstić information content (AvgIpc) is 2.14. The van der Waals surface area contributed by atoms with E-state index in [0.29, 0.717) is 0 Å². The average molecular weight is 193 g/mol. The van der Waals surface area contributed by atoms with E-state index in [0.717, 1.165) is 16.6 Å². The molecular formula is C4H6BrN2P. The number of halogens is 1. The summed E-state index contributed by atoms with van der Waals surface area (Å²) in [6, 6.07) is 0. The van der Waals surface area contributed by atoms with Crippen LogP contribution in [-0.4, -0.2) is 9.97 Å². The third-order valence-corrected chi connectivity index (χ3v) is 1.69. The van der Waals surface area contributed by atoms with Crippen LogP contribution in [0.4, 0.5) is 0 Å². The number of H-pyrrole nitrogens is 1. The molecule has 0 aliphatic rings. The van der Waals surface area contributed by atoms with Gasteiger partial charge in [-0.3, -0.25) is 0 Å². The number of aromatic nitrogens is 2. The lowest BCUT2D eigenvalue weighted by atomic mass is 10.6. The number of alkyl halides is 1. The van der Waals surface area contributed by atoms with Gasteiger partial charge in [-0.1, -0.05) is 25.2 Å². The van der Waals surface area contributed by atoms with Crippen molar-refractivity contribution in [1.82, 2.24) is 9.97 Å². The van der Waals surface area contributed by atoms with Gasteiger partial charge in [0.2, 0.25) is 0 Å². The fourth-order valence-electron chi connectivity index (χ4n) is 0.444. The lowest BCUT2D eigenvalue weighted by Crippen LogP contribution is -1.92. The normalized spacial score (nSPS) is 9.75. The molecule has 0 amide bonds. The van der Waals surface area contributed by atoms with E-state index in [-0.39, 0.29) is 0 Å². The van der Waals surface area contributed by atoms with Crippen molar-refractivity contribution in [3.8, 4) is 0 Å². The zero-order chi connectivity index (χ0) is 5.98. The van der Waals surface area contributed by atoms with Gasteiger partial charge in [0, 0.05) is 17.2 Å². The molecule has 0 radical (unpaired) electrons. The van der Waals surface area contributed by atoms with Gasteiger partial charge in [-0.15, -0.1) is 0 Å². The first-order chi connectivity index (χ1) is 3.83. The van der Waals surface area contributed by atoms with Crippen molar-refractivity contribution in [2.75, 3.05) is 0 Å². The van der Waals surface area contributed by atoms with Crippen molar-refractivity contribution in [2.45, 2.75) is 5.33 Å². The Kier molecular flexibility index (Phi) is 2.03. The van der Waals surface area contributed by atoms with E-state index >= 15 is 0 Å². The Labute approximate surface area is 58.4 Å². The van der Waals surface area contributed by atoms with Crippen LogP contribution in [0.15, 0.2) is 6.20 Å². The molecule has 1 heterocycles. The van der Waals surface area contributed by atoms with Crippen molar-refractivity contribution in [3.05, 3.63) is 11.9 Å². The second-order valence-electron chi connectivity index (χ2n) is 1.43. The highest BCUT2D eigenvalue weighted by atomic mass is 79.9. The molecule has 0 aromatic carbocycles. The van der Waals surface area contributed by atoms with Gasteiger partial charge < -0.3 is 4.98 Å². The van der Waals surface area contributed by atoms with Gasteiger partial charge in [-0.25, -0.2) is 4.98 Å². The first kappa shape index (κ1) is 6.24. The van der Waals surface area contributed by atoms with Crippen LogP contribution in [0.25, 0.3) is 0 Å². The van der Waals surface area contributed by atoms with Gasteiger partial charge >= 0.3 is 0 Å². The number of nitrogens with zero attached hydrogens (tertiary/aromatic N) is 1. The second kappa shape index (κ2) is 2.60. The van der Waals surface area contributed by atoms with Crippen LogP contribution in [0.1, 0.15) is 5.69 Å². The van der Waals surface area contributed by atoms with Crippen LogP contribution in [0, 0.1) is 0 Å². The molecule has 44 valence electrons. The summed E-state index contributed by atoms with van der Waals surface area (Å²) in [6.07, 6.45) is 1.80. The van der Waals surface area contributed by atoms with E-state index in [2.05, 4.69) is 35.1 Å². The molecule has 0 fully saturated rings. The Morgan fingerprint density at radius 1 is 1.88 bits per heavy atom. The van der Waals surface area contributed by atoms with Crippen molar-refractivity contribution in [2.24, 2.45) is 0 Å². The quantitative estimate of drug-likeness (QED) is 0.518. The molecule has 0 spiro atoms. The SMILES string of the molecule is Pc1ncc(CBr)[nH]1. The maximum atomic E-state index is 3.96. The smallest absolute Gasteiger partial charge is 0.122 e. The molecule has 1 aromatic heterocycles. The molecule has 8 heavy (non-hydrogen) atoms. The number of nitrogens with one attached hydrogen (secondary N) is 1. The molecule has 0 saturated carbocycles. The Morgan fingerprint density at radius 2 is 2.62 bits per heavy atom. The van der Waals surface area contributed by atoms with Gasteiger partial charge in [-0.2, -0.15) is 0 Å². The Balaban J connectivity index is 2.84. The van der Waals surface area contributed by atoms with Crippen LogP contribution in [0.3, 0.4) is 0 Å². The molecule has 1 unspecified atom stereocenters. The van der Waals surface area contributed by atoms with E-state index < -0.39 is 0 Å². The molecule has 1 N–H and O–H groups in total. The number of hydrogen-bond acceptors (Lipinski definition) is 1. The number of hydrogen-bond donors (Lipinski definition) is 1. The fourth-order valence-corrected chi connectivity index (χ4v) is 0.989. The summed E-state index contributed by atoms with van der Waals surface area (Å²) in [7, 11) is 2.49. The Hall–Kier alpha value is 0.120. The maximum Gasteiger partial charge on any atom is 0.122 e. The minimum Gasteiger partial charge on any atom is -0.342 e. The van der Waals surface area contributed by atoms with Crippen LogP contribution in [0.5, 0.6) is 0 Å². The molecule has 0 bridgehead atoms. The molecule has 0 saturated heterocycles. The van der Waals surface area contributed by atoms with Crippen molar-refractivity contribution >= 4 is 30.7 Å². The van der Waals surface area contributed by atoms with Crippen LogP contribution in [0.2, 0.25) is 0 Å². The van der Waals surface area contributed by atoms with E-state index in [1.165, 1.54) is 0 Å². The Morgan fingerprint density at radius 3 is 2.88 bits per heavy atom. The molecule has 0 aliphatic carbocycles. The summed E-state index contributed by atoms with van der Waals surface area (Å²) < 4.78 is 0. The molecule has 1 rings (SSSR count). The summed E-state index contributed by atoms with van der Waals surface area (Å²) in [6.45, 7) is 0. The first-order valence-corrected chi connectivity index (χ1v) is 3.88. The lowest BCUT2D eigenvalue weighted by molar-refractivity contribution is 1.27. The van der Waals surface area contributed by atoms with Gasteiger partial charge in [-0.05, 0) is 0 Å². The molecule has 2 nitrogen and oxygen atoms in total. The highest BCUT2D eigenvalue weighted by Crippen LogP contribution is 1.97. The fraction of sp³-hybridized carbons (Fsp3) is 0.250. The first-order valence-electron chi connectivity index (χ1n) is 2.18. The standard InChI is InChI=1S/C4H6BrN2P/c5-1-3-2-6-4(8)7-3/h2H,1,8H2,(H,6,7). The summed E-state index contributed by atoms with van der Waals surface area (Å²) >= 11 is 3.29. The predicted molar refractivity (Wildman–Crippen MR) is 40.6 cm³/mol. The Bertz CT molecular complexity index is 174. The summed E-state index contributed by atoms with van der Waals surface area (Å²) in [5.41, 5.74) is 1.99. The molecule has 1 atom stereocenters. The largest absolute Gasteiger partial charge is 0.342 e. The molecule has 1 aromatic rings. The topological polar surface area (TPSA) is 28.7 Å². The van der Waals surface area contributed by atoms with Gasteiger partial charge in [0.1, 0.15) is 5.57 Å². The summed E-state index contributed by atoms with van der Waals surface area (Å²) in [4.78, 5) is 7.00. The van der Waals surface area contributed by atoms with Gasteiger partial charge in [0.15, 0.2) is 0 Å². The number of imidazole rings is 1. The molecular weight excluding hydrogens is 187 g/mol. The zero-order valence-corrected chi connectivity index (χ0v) is 6.93. The van der Waals surface area contributed by atoms with Crippen LogP contribution < -0.4 is 5.57 Å². The third kappa shape index (κ3) is 1.30. The molecule has 0 aliphatic heterocycles. The van der Waals surface area contributed by atoms with Crippen LogP contribution in [-0.2, 0) is 5.33 Å². The zero-order valence-electron chi connectivity index (χ0n) is 4.19. The summed E-state index contributed by atoms with van der Waals surface area (Å²) in [5.74, 6) is 0. The van der Waals surface area contributed by atoms with Crippen molar-refractivity contribution < 1.29 is 0 Å². The minimum absolute atomic E-state index is 0.842. The van der Waals surface area contributed by atoms with Gasteiger partial charge in [0.25, 0.3) is 0 Å². The predicted octanol–water partition coefficient (Wildman–Crippen LogP) is 0.805. The minimum atomic E-state index is 0.842. The number of rotatable bonds is 1. The highest BCUT2D eigenvalue weighted by molar-refractivity contribution is 9.08. The van der Waals surface area contributed by atoms with E-state index in [9.17, 15) is 0 Å². The van der Waals surface area contributed by atoms with E-state index in [1.807, 2.05) is 0 Å². The van der Waals surface area contributed by atoms with Gasteiger partial charge in [0.05, 0.1) is 0 Å². The summed E-state index contributed by atoms with van der Waals surface area (Å²) in [5, 5.41) is 0.842. The van der Waals surface area contributed by atoms with E-state index in [4.69, 9.17) is 0 Å².